The molecule has 6 nitrogen and oxygen atoms in total. The molecule has 2 aliphatic rings. The molecule has 0 radical (unpaired) electrons. The summed E-state index contributed by atoms with van der Waals surface area (Å²) in [7, 11) is 0. The van der Waals surface area contributed by atoms with Gasteiger partial charge < -0.3 is 9.84 Å². The number of thioether (sulfide) groups is 1. The summed E-state index contributed by atoms with van der Waals surface area (Å²) in [6, 6.07) is 0.114. The van der Waals surface area contributed by atoms with Gasteiger partial charge in [-0.05, 0) is 65.4 Å². The Labute approximate surface area is 203 Å². The van der Waals surface area contributed by atoms with Gasteiger partial charge in [0.25, 0.3) is 0 Å². The van der Waals surface area contributed by atoms with Gasteiger partial charge in [-0.3, -0.25) is 19.9 Å². The number of allylic oxidation sites excluding steroid dienone is 1. The largest absolute Gasteiger partial charge is 0.457 e. The number of carbonyl (C=O) groups is 2. The van der Waals surface area contributed by atoms with E-state index < -0.39 is 23.5 Å². The van der Waals surface area contributed by atoms with Crippen molar-refractivity contribution in [2.75, 3.05) is 12.3 Å². The van der Waals surface area contributed by atoms with Crippen LogP contribution in [0.5, 0.6) is 0 Å². The van der Waals surface area contributed by atoms with Gasteiger partial charge in [0.2, 0.25) is 0 Å². The van der Waals surface area contributed by atoms with Crippen molar-refractivity contribution in [1.29, 1.82) is 0 Å². The van der Waals surface area contributed by atoms with Crippen molar-refractivity contribution >= 4 is 28.6 Å². The number of cyclic esters (lactones) is 1. The summed E-state index contributed by atoms with van der Waals surface area (Å²) in [5.74, 6) is -0.0733. The molecule has 0 aromatic heterocycles. The minimum absolute atomic E-state index is 0.0247. The van der Waals surface area contributed by atoms with E-state index in [1.165, 1.54) is 5.57 Å². The lowest BCUT2D eigenvalue weighted by Gasteiger charge is -2.32. The molecule has 2 N–H and O–H groups in total. The van der Waals surface area contributed by atoms with E-state index in [0.29, 0.717) is 6.42 Å². The lowest BCUT2D eigenvalue weighted by atomic mass is 9.81. The fraction of sp³-hybridized carbons (Fsp3) is 0.731. The van der Waals surface area contributed by atoms with Crippen molar-refractivity contribution in [2.24, 2.45) is 16.8 Å². The van der Waals surface area contributed by atoms with Gasteiger partial charge in [0, 0.05) is 18.1 Å². The van der Waals surface area contributed by atoms with Crippen molar-refractivity contribution < 1.29 is 19.4 Å². The maximum absolute atomic E-state index is 13.1. The molecule has 0 aliphatic carbocycles. The molecule has 186 valence electrons. The summed E-state index contributed by atoms with van der Waals surface area (Å²) in [5.41, 5.74) is 1.30. The average molecular weight is 479 g/mol. The molecular formula is C26H42N2O4S. The van der Waals surface area contributed by atoms with Crippen LogP contribution < -0.4 is 5.32 Å². The smallest absolute Gasteiger partial charge is 0.320 e. The monoisotopic (exact) mass is 478 g/mol. The van der Waals surface area contributed by atoms with E-state index in [0.717, 1.165) is 35.6 Å². The van der Waals surface area contributed by atoms with E-state index in [4.69, 9.17) is 4.74 Å². The second-order valence-corrected chi connectivity index (χ2v) is 11.4. The minimum Gasteiger partial charge on any atom is -0.457 e. The van der Waals surface area contributed by atoms with Crippen LogP contribution in [0.1, 0.15) is 74.1 Å². The summed E-state index contributed by atoms with van der Waals surface area (Å²) < 4.78 is 5.86. The zero-order chi connectivity index (χ0) is 24.8. The highest BCUT2D eigenvalue weighted by atomic mass is 32.2. The molecule has 0 aromatic carbocycles. The highest BCUT2D eigenvalue weighted by Gasteiger charge is 2.36. The lowest BCUT2D eigenvalue weighted by Crippen LogP contribution is -2.53. The number of ether oxygens (including phenoxy) is 1. The third-order valence-electron chi connectivity index (χ3n) is 6.76. The van der Waals surface area contributed by atoms with Crippen LogP contribution in [0.4, 0.5) is 0 Å². The van der Waals surface area contributed by atoms with E-state index in [9.17, 15) is 14.7 Å². The zero-order valence-corrected chi connectivity index (χ0v) is 22.1. The Balaban J connectivity index is 2.23. The van der Waals surface area contributed by atoms with E-state index in [-0.39, 0.29) is 30.4 Å². The normalized spacial score (nSPS) is 34.9. The first-order valence-electron chi connectivity index (χ1n) is 12.1. The zero-order valence-electron chi connectivity index (χ0n) is 21.3. The van der Waals surface area contributed by atoms with Gasteiger partial charge in [0.1, 0.15) is 6.10 Å². The molecule has 2 heterocycles. The van der Waals surface area contributed by atoms with Gasteiger partial charge in [-0.1, -0.05) is 31.6 Å². The second-order valence-electron chi connectivity index (χ2n) is 10.2. The number of rotatable bonds is 2. The van der Waals surface area contributed by atoms with Gasteiger partial charge in [-0.25, -0.2) is 0 Å². The van der Waals surface area contributed by atoms with Crippen molar-refractivity contribution in [1.82, 2.24) is 5.32 Å². The summed E-state index contributed by atoms with van der Waals surface area (Å²) in [6.45, 7) is 13.3. The number of aliphatic imine (C=N–C) groups is 1. The quantitative estimate of drug-likeness (QED) is 0.450. The SMILES string of the molecule is CC1=NC(/C=C(\C)C2C/C=C(/C)CCCC(C)C(O)C(C)C(=O)C(C)(C)NCC(=O)O2)CS1. The molecule has 0 fully saturated rings. The second kappa shape index (κ2) is 12.3. The van der Waals surface area contributed by atoms with Crippen LogP contribution in [0.25, 0.3) is 0 Å². The van der Waals surface area contributed by atoms with Gasteiger partial charge in [-0.15, -0.1) is 11.8 Å². The summed E-state index contributed by atoms with van der Waals surface area (Å²) >= 11 is 1.75. The first-order chi connectivity index (χ1) is 15.4. The van der Waals surface area contributed by atoms with Crippen LogP contribution in [0.2, 0.25) is 0 Å². The molecule has 33 heavy (non-hydrogen) atoms. The number of Topliss-reactive ketones (excluding diaryl/α,β-unsaturated/α-hetero) is 1. The Morgan fingerprint density at radius 2 is 2.00 bits per heavy atom. The first kappa shape index (κ1) is 27.8. The molecule has 0 amide bonds. The maximum Gasteiger partial charge on any atom is 0.320 e. The highest BCUT2D eigenvalue weighted by Crippen LogP contribution is 2.25. The number of esters is 1. The van der Waals surface area contributed by atoms with Gasteiger partial charge in [0.15, 0.2) is 5.78 Å². The molecule has 7 heteroatoms. The number of nitrogens with one attached hydrogen (secondary N) is 1. The van der Waals surface area contributed by atoms with Crippen molar-refractivity contribution in [3.8, 4) is 0 Å². The standard InChI is InChI=1S/C26H42N2O4S/c1-16-9-8-10-17(2)24(30)19(4)25(31)26(6,7)27-14-23(29)32-22(12-11-16)18(3)13-21-15-33-20(5)28-21/h11,13,17,19,21-22,24,27,30H,8-10,12,14-15H2,1-7H3/b16-11-,18-13+. The Kier molecular flexibility index (Phi) is 10.4. The molecule has 0 saturated heterocycles. The number of carbonyl (C=O) groups excluding carboxylic acids is 2. The number of aliphatic hydroxyl groups excluding tert-OH is 1. The van der Waals surface area contributed by atoms with E-state index in [2.05, 4.69) is 29.4 Å². The predicted octanol–water partition coefficient (Wildman–Crippen LogP) is 4.47. The topological polar surface area (TPSA) is 88.0 Å². The van der Waals surface area contributed by atoms with Crippen LogP contribution in [0, 0.1) is 11.8 Å². The number of hydrogen-bond acceptors (Lipinski definition) is 7. The Morgan fingerprint density at radius 1 is 1.30 bits per heavy atom. The number of aliphatic hydroxyl groups is 1. The Bertz CT molecular complexity index is 802. The lowest BCUT2D eigenvalue weighted by molar-refractivity contribution is -0.146. The third-order valence-corrected chi connectivity index (χ3v) is 7.79. The molecule has 0 spiro atoms. The van der Waals surface area contributed by atoms with Crippen molar-refractivity contribution in [3.63, 3.8) is 0 Å². The molecular weight excluding hydrogens is 436 g/mol. The fourth-order valence-electron chi connectivity index (χ4n) is 4.42. The van der Waals surface area contributed by atoms with E-state index >= 15 is 0 Å². The van der Waals surface area contributed by atoms with Gasteiger partial charge in [-0.2, -0.15) is 0 Å². The van der Waals surface area contributed by atoms with Crippen LogP contribution in [0.15, 0.2) is 28.3 Å². The van der Waals surface area contributed by atoms with Crippen LogP contribution in [0.3, 0.4) is 0 Å². The molecule has 0 bridgehead atoms. The molecule has 2 aliphatic heterocycles. The molecule has 0 aromatic rings. The summed E-state index contributed by atoms with van der Waals surface area (Å²) in [4.78, 5) is 30.4. The average Bonchev–Trinajstić information content (AvgIpc) is 3.17. The van der Waals surface area contributed by atoms with Crippen LogP contribution in [-0.2, 0) is 14.3 Å². The van der Waals surface area contributed by atoms with Gasteiger partial charge in [0.05, 0.1) is 29.3 Å². The Morgan fingerprint density at radius 3 is 2.64 bits per heavy atom. The van der Waals surface area contributed by atoms with Crippen LogP contribution in [-0.4, -0.2) is 58.0 Å². The van der Waals surface area contributed by atoms with E-state index in [1.807, 2.05) is 20.8 Å². The predicted molar refractivity (Wildman–Crippen MR) is 137 cm³/mol. The molecule has 5 unspecified atom stereocenters. The number of ketones is 1. The number of hydrogen-bond donors (Lipinski definition) is 2. The van der Waals surface area contributed by atoms with E-state index in [1.54, 1.807) is 32.5 Å². The van der Waals surface area contributed by atoms with Crippen LogP contribution >= 0.6 is 11.8 Å². The van der Waals surface area contributed by atoms with Crippen molar-refractivity contribution in [2.45, 2.75) is 97.9 Å². The maximum atomic E-state index is 13.1. The molecule has 5 atom stereocenters. The Hall–Kier alpha value is -1.44. The van der Waals surface area contributed by atoms with Gasteiger partial charge >= 0.3 is 5.97 Å². The molecule has 0 saturated carbocycles. The van der Waals surface area contributed by atoms with Crippen molar-refractivity contribution in [3.05, 3.63) is 23.3 Å². The number of nitrogens with zero attached hydrogens (tertiary/aromatic N) is 1. The summed E-state index contributed by atoms with van der Waals surface area (Å²) in [6.07, 6.45) is 6.51. The third kappa shape index (κ3) is 8.37. The highest BCUT2D eigenvalue weighted by molar-refractivity contribution is 8.14. The minimum atomic E-state index is -0.944. The fourth-order valence-corrected chi connectivity index (χ4v) is 5.21. The molecule has 2 rings (SSSR count). The first-order valence-corrected chi connectivity index (χ1v) is 13.1. The summed E-state index contributed by atoms with van der Waals surface area (Å²) in [5, 5.41) is 14.9.